The van der Waals surface area contributed by atoms with Gasteiger partial charge in [0.15, 0.2) is 0 Å². The Labute approximate surface area is 72.9 Å². The number of rotatable bonds is 3. The lowest BCUT2D eigenvalue weighted by atomic mass is 9.96. The smallest absolute Gasteiger partial charge is 0.0944 e. The first-order valence-corrected chi connectivity index (χ1v) is 6.55. The third kappa shape index (κ3) is 3.92. The zero-order valence-corrected chi connectivity index (χ0v) is 9.31. The molecule has 66 valence electrons. The van der Waals surface area contributed by atoms with Crippen LogP contribution in [0.1, 0.15) is 46.0 Å². The molecule has 1 aliphatic rings. The van der Waals surface area contributed by atoms with Crippen LogP contribution < -0.4 is 4.98 Å². The Morgan fingerprint density at radius 2 is 1.82 bits per heavy atom. The van der Waals surface area contributed by atoms with Gasteiger partial charge in [0.1, 0.15) is 0 Å². The number of hydrogen-bond acceptors (Lipinski definition) is 1. The fraction of sp³-hybridized carbons (Fsp3) is 1.00. The third-order valence-corrected chi connectivity index (χ3v) is 4.05. The van der Waals surface area contributed by atoms with Gasteiger partial charge in [-0.1, -0.05) is 33.1 Å². The molecule has 0 aromatic heterocycles. The molecule has 1 nitrogen and oxygen atoms in total. The molecule has 0 amide bonds. The minimum atomic E-state index is 0.0512. The second-order valence-electron chi connectivity index (χ2n) is 4.14. The van der Waals surface area contributed by atoms with Crippen LogP contribution in [0.3, 0.4) is 0 Å². The van der Waals surface area contributed by atoms with Crippen LogP contribution in [-0.2, 0) is 0 Å². The molecule has 0 heterocycles. The first kappa shape index (κ1) is 9.27. The maximum absolute atomic E-state index is 3.76. The first-order valence-electron chi connectivity index (χ1n) is 5.02. The van der Waals surface area contributed by atoms with Crippen molar-refractivity contribution < 1.29 is 0 Å². The Bertz CT molecular complexity index is 97.7. The summed E-state index contributed by atoms with van der Waals surface area (Å²) in [5.41, 5.74) is 0.942. The quantitative estimate of drug-likeness (QED) is 0.639. The molecule has 1 fully saturated rings. The minimum absolute atomic E-state index is 0.0512. The Balaban J connectivity index is 2.05. The molecule has 0 saturated heterocycles. The highest BCUT2D eigenvalue weighted by Gasteiger charge is 2.12. The standard InChI is InChI=1S/C9H21NSi/c1-8(2)11-10-9-6-4-3-5-7-9/h8-10H,3-7,11H2,1-2H3. The molecule has 0 spiro atoms. The molecule has 1 aliphatic carbocycles. The van der Waals surface area contributed by atoms with Gasteiger partial charge < -0.3 is 4.98 Å². The van der Waals surface area contributed by atoms with Gasteiger partial charge in [0.25, 0.3) is 0 Å². The van der Waals surface area contributed by atoms with Crippen molar-refractivity contribution in [2.45, 2.75) is 57.5 Å². The van der Waals surface area contributed by atoms with Gasteiger partial charge in [0, 0.05) is 0 Å². The van der Waals surface area contributed by atoms with E-state index in [1.807, 2.05) is 0 Å². The van der Waals surface area contributed by atoms with E-state index >= 15 is 0 Å². The molecule has 11 heavy (non-hydrogen) atoms. The summed E-state index contributed by atoms with van der Waals surface area (Å²) >= 11 is 0. The highest BCUT2D eigenvalue weighted by atomic mass is 28.2. The van der Waals surface area contributed by atoms with Crippen molar-refractivity contribution in [3.8, 4) is 0 Å². The van der Waals surface area contributed by atoms with E-state index in [0.29, 0.717) is 0 Å². The van der Waals surface area contributed by atoms with Crippen LogP contribution in [0.4, 0.5) is 0 Å². The normalized spacial score (nSPS) is 22.1. The molecular formula is C9H21NSi. The van der Waals surface area contributed by atoms with E-state index in [4.69, 9.17) is 0 Å². The van der Waals surface area contributed by atoms with E-state index in [0.717, 1.165) is 11.6 Å². The second-order valence-corrected chi connectivity index (χ2v) is 6.59. The Hall–Kier alpha value is 0.177. The first-order chi connectivity index (χ1) is 5.29. The summed E-state index contributed by atoms with van der Waals surface area (Å²) in [7, 11) is 0.0512. The van der Waals surface area contributed by atoms with E-state index in [2.05, 4.69) is 18.8 Å². The predicted molar refractivity (Wildman–Crippen MR) is 53.7 cm³/mol. The van der Waals surface area contributed by atoms with Crippen molar-refractivity contribution in [1.29, 1.82) is 0 Å². The Morgan fingerprint density at radius 3 is 2.36 bits per heavy atom. The van der Waals surface area contributed by atoms with Crippen LogP contribution in [0.25, 0.3) is 0 Å². The molecule has 0 radical (unpaired) electrons. The lowest BCUT2D eigenvalue weighted by Crippen LogP contribution is -2.34. The van der Waals surface area contributed by atoms with E-state index < -0.39 is 0 Å². The average molecular weight is 171 g/mol. The Morgan fingerprint density at radius 1 is 1.18 bits per heavy atom. The molecule has 1 rings (SSSR count). The van der Waals surface area contributed by atoms with Gasteiger partial charge in [-0.2, -0.15) is 0 Å². The van der Waals surface area contributed by atoms with Gasteiger partial charge in [-0.3, -0.25) is 0 Å². The highest BCUT2D eigenvalue weighted by Crippen LogP contribution is 2.17. The van der Waals surface area contributed by atoms with Gasteiger partial charge in [-0.05, 0) is 24.4 Å². The molecule has 1 saturated carbocycles. The molecule has 0 bridgehead atoms. The molecule has 1 N–H and O–H groups in total. The molecule has 0 aliphatic heterocycles. The zero-order valence-electron chi connectivity index (χ0n) is 7.90. The van der Waals surface area contributed by atoms with Crippen LogP contribution in [0.15, 0.2) is 0 Å². The molecule has 0 atom stereocenters. The van der Waals surface area contributed by atoms with Gasteiger partial charge in [0.05, 0.1) is 9.68 Å². The number of nitrogens with one attached hydrogen (secondary N) is 1. The van der Waals surface area contributed by atoms with E-state index in [1.165, 1.54) is 32.1 Å². The topological polar surface area (TPSA) is 12.0 Å². The average Bonchev–Trinajstić information content (AvgIpc) is 2.03. The highest BCUT2D eigenvalue weighted by molar-refractivity contribution is 6.34. The van der Waals surface area contributed by atoms with Gasteiger partial charge in [-0.15, -0.1) is 0 Å². The fourth-order valence-corrected chi connectivity index (χ4v) is 2.92. The van der Waals surface area contributed by atoms with Crippen LogP contribution in [0.2, 0.25) is 5.54 Å². The van der Waals surface area contributed by atoms with Crippen molar-refractivity contribution in [3.63, 3.8) is 0 Å². The van der Waals surface area contributed by atoms with Crippen molar-refractivity contribution >= 4 is 9.68 Å². The van der Waals surface area contributed by atoms with E-state index in [1.54, 1.807) is 0 Å². The maximum atomic E-state index is 3.76. The van der Waals surface area contributed by atoms with Crippen LogP contribution in [0.5, 0.6) is 0 Å². The summed E-state index contributed by atoms with van der Waals surface area (Å²) in [4.78, 5) is 3.76. The summed E-state index contributed by atoms with van der Waals surface area (Å²) < 4.78 is 0. The van der Waals surface area contributed by atoms with Gasteiger partial charge in [-0.25, -0.2) is 0 Å². The largest absolute Gasteiger partial charge is 0.339 e. The van der Waals surface area contributed by atoms with Crippen molar-refractivity contribution in [2.75, 3.05) is 0 Å². The van der Waals surface area contributed by atoms with Crippen molar-refractivity contribution in [3.05, 3.63) is 0 Å². The fourth-order valence-electron chi connectivity index (χ4n) is 1.71. The lowest BCUT2D eigenvalue weighted by molar-refractivity contribution is 0.417. The molecule has 0 aromatic rings. The summed E-state index contributed by atoms with van der Waals surface area (Å²) in [5, 5.41) is 0. The SMILES string of the molecule is CC(C)[SiH2]NC1CCCCC1. The zero-order chi connectivity index (χ0) is 8.10. The maximum Gasteiger partial charge on any atom is 0.0944 e. The molecule has 0 unspecified atom stereocenters. The van der Waals surface area contributed by atoms with Crippen molar-refractivity contribution in [1.82, 2.24) is 4.98 Å². The van der Waals surface area contributed by atoms with Gasteiger partial charge in [0.2, 0.25) is 0 Å². The van der Waals surface area contributed by atoms with Gasteiger partial charge >= 0.3 is 0 Å². The van der Waals surface area contributed by atoms with Crippen LogP contribution >= 0.6 is 0 Å². The summed E-state index contributed by atoms with van der Waals surface area (Å²) in [6.45, 7) is 4.67. The monoisotopic (exact) mass is 171 g/mol. The minimum Gasteiger partial charge on any atom is -0.339 e. The van der Waals surface area contributed by atoms with Crippen LogP contribution in [0, 0.1) is 0 Å². The molecule has 0 aromatic carbocycles. The van der Waals surface area contributed by atoms with Crippen molar-refractivity contribution in [2.24, 2.45) is 0 Å². The Kier molecular flexibility index (Phi) is 4.16. The lowest BCUT2D eigenvalue weighted by Gasteiger charge is -2.23. The molecule has 2 heteroatoms. The number of hydrogen-bond donors (Lipinski definition) is 1. The predicted octanol–water partition coefficient (Wildman–Crippen LogP) is 1.82. The molecular weight excluding hydrogens is 150 g/mol. The summed E-state index contributed by atoms with van der Waals surface area (Å²) in [6.07, 6.45) is 7.29. The third-order valence-electron chi connectivity index (χ3n) is 2.42. The summed E-state index contributed by atoms with van der Waals surface area (Å²) in [6, 6.07) is 0.901. The van der Waals surface area contributed by atoms with Crippen LogP contribution in [-0.4, -0.2) is 15.7 Å². The second kappa shape index (κ2) is 4.94. The van der Waals surface area contributed by atoms with E-state index in [9.17, 15) is 0 Å². The summed E-state index contributed by atoms with van der Waals surface area (Å²) in [5.74, 6) is 0. The van der Waals surface area contributed by atoms with E-state index in [-0.39, 0.29) is 9.68 Å².